The molecule has 2 aliphatic rings. The average Bonchev–Trinajstić information content (AvgIpc) is 2.85. The highest BCUT2D eigenvalue weighted by Crippen LogP contribution is 2.31. The lowest BCUT2D eigenvalue weighted by Crippen LogP contribution is -2.50. The number of hydrogen-bond acceptors (Lipinski definition) is 5. The molecule has 3 heterocycles. The van der Waals surface area contributed by atoms with Crippen molar-refractivity contribution in [1.82, 2.24) is 15.2 Å². The maximum Gasteiger partial charge on any atom is 0.417 e. The molecule has 0 bridgehead atoms. The molecule has 37 heavy (non-hydrogen) atoms. The number of alkyl halides is 6. The lowest BCUT2D eigenvalue weighted by atomic mass is 9.97. The third-order valence-corrected chi connectivity index (χ3v) is 6.64. The molecule has 4 unspecified atom stereocenters. The van der Waals surface area contributed by atoms with Crippen LogP contribution >= 0.6 is 0 Å². The number of nitrogens with zero attached hydrogens (tertiary/aromatic N) is 2. The van der Waals surface area contributed by atoms with E-state index in [9.17, 15) is 31.1 Å². The number of ether oxygens (including phenoxy) is 2. The number of carbonyl (C=O) groups is 1. The van der Waals surface area contributed by atoms with Gasteiger partial charge in [0.05, 0.1) is 18.3 Å². The number of fused-ring (bicyclic) bond motifs is 1. The van der Waals surface area contributed by atoms with E-state index in [2.05, 4.69) is 17.2 Å². The summed E-state index contributed by atoms with van der Waals surface area (Å²) in [4.78, 5) is 18.5. The quantitative estimate of drug-likeness (QED) is 0.485. The number of hydrogen-bond donors (Lipinski definition) is 1. The summed E-state index contributed by atoms with van der Waals surface area (Å²) in [7, 11) is 1.68. The number of aromatic nitrogens is 1. The van der Waals surface area contributed by atoms with Crippen molar-refractivity contribution >= 4 is 5.91 Å². The fourth-order valence-electron chi connectivity index (χ4n) is 4.29. The molecule has 6 nitrogen and oxygen atoms in total. The monoisotopic (exact) mass is 541 g/mol. The van der Waals surface area contributed by atoms with Gasteiger partial charge < -0.3 is 19.7 Å². The molecule has 1 amide bonds. The highest BCUT2D eigenvalue weighted by Gasteiger charge is 2.33. The summed E-state index contributed by atoms with van der Waals surface area (Å²) >= 11 is 0. The van der Waals surface area contributed by atoms with Gasteiger partial charge in [0.1, 0.15) is 0 Å². The van der Waals surface area contributed by atoms with E-state index in [1.807, 2.05) is 6.92 Å². The minimum absolute atomic E-state index is 0.0175. The van der Waals surface area contributed by atoms with Gasteiger partial charge in [0.15, 0.2) is 0 Å². The maximum atomic E-state index is 13.0. The molecule has 3 rings (SSSR count). The Labute approximate surface area is 214 Å². The van der Waals surface area contributed by atoms with Crippen LogP contribution in [-0.2, 0) is 33.4 Å². The molecule has 12 heteroatoms. The first-order valence-corrected chi connectivity index (χ1v) is 12.5. The molecule has 212 valence electrons. The van der Waals surface area contributed by atoms with E-state index in [-0.39, 0.29) is 36.6 Å². The fraction of sp³-hybridized carbons (Fsp3) is 0.760. The first-order valence-electron chi connectivity index (χ1n) is 12.5. The average molecular weight is 542 g/mol. The molecule has 0 saturated carbocycles. The summed E-state index contributed by atoms with van der Waals surface area (Å²) < 4.78 is 82.3. The lowest BCUT2D eigenvalue weighted by Gasteiger charge is -2.34. The number of rotatable bonds is 7. The zero-order chi connectivity index (χ0) is 27.8. The van der Waals surface area contributed by atoms with Gasteiger partial charge in [-0.05, 0) is 37.8 Å². The van der Waals surface area contributed by atoms with Crippen LogP contribution in [-0.4, -0.2) is 67.0 Å². The minimum Gasteiger partial charge on any atom is -0.379 e. The van der Waals surface area contributed by atoms with Crippen molar-refractivity contribution in [1.29, 1.82) is 0 Å². The van der Waals surface area contributed by atoms with Gasteiger partial charge in [-0.2, -0.15) is 26.3 Å². The largest absolute Gasteiger partial charge is 0.417 e. The minimum atomic E-state index is -4.43. The van der Waals surface area contributed by atoms with Gasteiger partial charge in [-0.15, -0.1) is 0 Å². The smallest absolute Gasteiger partial charge is 0.379 e. The summed E-state index contributed by atoms with van der Waals surface area (Å²) in [6, 6.07) is 1.57. The van der Waals surface area contributed by atoms with E-state index in [1.165, 1.54) is 0 Å². The predicted octanol–water partition coefficient (Wildman–Crippen LogP) is 5.14. The zero-order valence-corrected chi connectivity index (χ0v) is 21.7. The first-order chi connectivity index (χ1) is 17.2. The third kappa shape index (κ3) is 10.0. The maximum absolute atomic E-state index is 13.0. The van der Waals surface area contributed by atoms with Crippen LogP contribution in [0.15, 0.2) is 12.3 Å². The van der Waals surface area contributed by atoms with Crippen LogP contribution in [0.25, 0.3) is 0 Å². The number of pyridine rings is 1. The number of carbonyl (C=O) groups excluding carboxylic acids is 1. The van der Waals surface area contributed by atoms with Gasteiger partial charge in [-0.1, -0.05) is 13.8 Å². The molecule has 1 saturated heterocycles. The standard InChI is InChI=1S/C22H32F3N3O3.C3H5F3/c1-14(4-5-15(2)27-19-7-9-31-13-20(19)30-3)21(29)28-8-6-18-16(12-28)10-17(11-26-18)22(23,24)25;1-2-3(4,5)6/h10-11,14-15,19-20,27H,4-9,12-13H2,1-3H3;2H2,1H3. The van der Waals surface area contributed by atoms with Gasteiger partial charge in [-0.3, -0.25) is 9.78 Å². The van der Waals surface area contributed by atoms with Crippen molar-refractivity contribution in [2.24, 2.45) is 5.92 Å². The van der Waals surface area contributed by atoms with E-state index in [4.69, 9.17) is 9.47 Å². The van der Waals surface area contributed by atoms with Crippen LogP contribution in [0.4, 0.5) is 26.3 Å². The van der Waals surface area contributed by atoms with Crippen molar-refractivity contribution in [3.05, 3.63) is 29.1 Å². The lowest BCUT2D eigenvalue weighted by molar-refractivity contribution is -0.138. The SMILES string of the molecule is CCC(F)(F)F.COC1COCCC1NC(C)CCC(C)C(=O)N1CCc2ncc(C(F)(F)F)cc2C1. The van der Waals surface area contributed by atoms with Crippen LogP contribution in [0, 0.1) is 5.92 Å². The van der Waals surface area contributed by atoms with E-state index < -0.39 is 24.3 Å². The summed E-state index contributed by atoms with van der Waals surface area (Å²) in [5.41, 5.74) is 0.365. The van der Waals surface area contributed by atoms with E-state index in [0.717, 1.165) is 32.0 Å². The Morgan fingerprint density at radius 2 is 1.92 bits per heavy atom. The van der Waals surface area contributed by atoms with Crippen LogP contribution < -0.4 is 5.32 Å². The zero-order valence-electron chi connectivity index (χ0n) is 21.7. The molecular weight excluding hydrogens is 504 g/mol. The van der Waals surface area contributed by atoms with Crippen molar-refractivity contribution in [2.75, 3.05) is 26.9 Å². The van der Waals surface area contributed by atoms with Gasteiger partial charge in [0.2, 0.25) is 5.91 Å². The summed E-state index contributed by atoms with van der Waals surface area (Å²) in [5.74, 6) is -0.214. The Morgan fingerprint density at radius 3 is 2.51 bits per heavy atom. The van der Waals surface area contributed by atoms with E-state index >= 15 is 0 Å². The third-order valence-electron chi connectivity index (χ3n) is 6.64. The number of halogens is 6. The molecule has 1 aromatic rings. The van der Waals surface area contributed by atoms with E-state index in [0.29, 0.717) is 43.9 Å². The number of amides is 1. The molecule has 2 aliphatic heterocycles. The molecule has 4 atom stereocenters. The highest BCUT2D eigenvalue weighted by atomic mass is 19.4. The Bertz CT molecular complexity index is 865. The molecule has 0 radical (unpaired) electrons. The van der Waals surface area contributed by atoms with E-state index in [1.54, 1.807) is 12.0 Å². The van der Waals surface area contributed by atoms with Crippen molar-refractivity contribution in [3.63, 3.8) is 0 Å². The Kier molecular flexibility index (Phi) is 11.6. The Morgan fingerprint density at radius 1 is 1.24 bits per heavy atom. The Hall–Kier alpha value is -1.92. The molecular formula is C25H37F6N3O3. The summed E-state index contributed by atoms with van der Waals surface area (Å²) in [6.45, 7) is 7.03. The van der Waals surface area contributed by atoms with Crippen molar-refractivity contribution < 1.29 is 40.6 Å². The number of methoxy groups -OCH3 is 1. The van der Waals surface area contributed by atoms with Crippen LogP contribution in [0.3, 0.4) is 0 Å². The van der Waals surface area contributed by atoms with Gasteiger partial charge in [0.25, 0.3) is 0 Å². The van der Waals surface area contributed by atoms with Crippen LogP contribution in [0.2, 0.25) is 0 Å². The molecule has 1 aromatic heterocycles. The van der Waals surface area contributed by atoms with Crippen molar-refractivity contribution in [3.8, 4) is 0 Å². The van der Waals surface area contributed by atoms with Crippen molar-refractivity contribution in [2.45, 2.75) is 90.0 Å². The van der Waals surface area contributed by atoms with Crippen LogP contribution in [0.1, 0.15) is 63.3 Å². The number of nitrogens with one attached hydrogen (secondary N) is 1. The van der Waals surface area contributed by atoms with Gasteiger partial charge >= 0.3 is 12.4 Å². The van der Waals surface area contributed by atoms with Crippen LogP contribution in [0.5, 0.6) is 0 Å². The highest BCUT2D eigenvalue weighted by molar-refractivity contribution is 5.78. The first kappa shape index (κ1) is 31.3. The topological polar surface area (TPSA) is 63.7 Å². The van der Waals surface area contributed by atoms with Gasteiger partial charge in [-0.25, -0.2) is 0 Å². The second-order valence-electron chi connectivity index (χ2n) is 9.60. The Balaban J connectivity index is 0.000000717. The predicted molar refractivity (Wildman–Crippen MR) is 126 cm³/mol. The molecule has 0 aliphatic carbocycles. The van der Waals surface area contributed by atoms with Gasteiger partial charge in [0, 0.05) is 69.5 Å². The second-order valence-corrected chi connectivity index (χ2v) is 9.60. The summed E-state index contributed by atoms with van der Waals surface area (Å²) in [5, 5.41) is 3.58. The fourth-order valence-corrected chi connectivity index (χ4v) is 4.29. The second kappa shape index (κ2) is 13.7. The molecule has 1 N–H and O–H groups in total. The molecule has 0 aromatic carbocycles. The normalized spacial score (nSPS) is 21.9. The molecule has 0 spiro atoms. The summed E-state index contributed by atoms with van der Waals surface area (Å²) in [6.07, 6.45) is -5.32. The molecule has 1 fully saturated rings.